The summed E-state index contributed by atoms with van der Waals surface area (Å²) in [6, 6.07) is 33.2. The van der Waals surface area contributed by atoms with Gasteiger partial charge in [-0.3, -0.25) is 14.5 Å². The van der Waals surface area contributed by atoms with E-state index in [-0.39, 0.29) is 17.7 Å². The fraction of sp³-hybridized carbons (Fsp3) is 0.359. The number of carboxylic acids is 1. The van der Waals surface area contributed by atoms with Crippen molar-refractivity contribution in [1.29, 1.82) is 0 Å². The largest absolute Gasteiger partial charge is 0.474 e. The summed E-state index contributed by atoms with van der Waals surface area (Å²) in [6.07, 6.45) is 2.32. The lowest BCUT2D eigenvalue weighted by Crippen LogP contribution is -2.46. The first-order valence-electron chi connectivity index (χ1n) is 16.5. The zero-order valence-electron chi connectivity index (χ0n) is 27.0. The number of likely N-dealkylation sites (N-methyl/N-ethyl adjacent to an activating group) is 1. The summed E-state index contributed by atoms with van der Waals surface area (Å²) in [4.78, 5) is 43.4. The molecular weight excluding hydrogens is 574 g/mol. The Morgan fingerprint density at radius 3 is 2.13 bits per heavy atom. The van der Waals surface area contributed by atoms with Crippen LogP contribution in [0.4, 0.5) is 0 Å². The van der Waals surface area contributed by atoms with Crippen LogP contribution in [0.2, 0.25) is 0 Å². The molecule has 1 N–H and O–H groups in total. The smallest absolute Gasteiger partial charge is 0.394 e. The van der Waals surface area contributed by atoms with Crippen LogP contribution in [0.1, 0.15) is 43.7 Å². The van der Waals surface area contributed by atoms with Gasteiger partial charge in [0.05, 0.1) is 6.54 Å². The average molecular weight is 620 g/mol. The van der Waals surface area contributed by atoms with Gasteiger partial charge in [-0.2, -0.15) is 0 Å². The molecule has 0 bridgehead atoms. The van der Waals surface area contributed by atoms with Crippen molar-refractivity contribution in [3.05, 3.63) is 108 Å². The number of hydrogen-bond donors (Lipinski definition) is 1. The molecule has 1 unspecified atom stereocenters. The summed E-state index contributed by atoms with van der Waals surface area (Å²) in [5.74, 6) is -1.94. The van der Waals surface area contributed by atoms with Crippen LogP contribution in [0.25, 0.3) is 21.9 Å². The van der Waals surface area contributed by atoms with Gasteiger partial charge in [-0.25, -0.2) is 4.79 Å². The number of carbonyl (C=O) groups excluding carboxylic acids is 2. The molecule has 1 aliphatic heterocycles. The Balaban J connectivity index is 1.40. The zero-order chi connectivity index (χ0) is 32.5. The molecule has 5 rings (SSSR count). The minimum Gasteiger partial charge on any atom is -0.474 e. The van der Waals surface area contributed by atoms with Crippen LogP contribution in [0.3, 0.4) is 0 Å². The number of amides is 2. The second-order valence-corrected chi connectivity index (χ2v) is 12.2. The van der Waals surface area contributed by atoms with E-state index < -0.39 is 11.9 Å². The third-order valence-corrected chi connectivity index (χ3v) is 9.52. The van der Waals surface area contributed by atoms with Crippen LogP contribution in [0.15, 0.2) is 97.1 Å². The second-order valence-electron chi connectivity index (χ2n) is 12.2. The highest BCUT2D eigenvalue weighted by molar-refractivity contribution is 6.31. The van der Waals surface area contributed by atoms with Gasteiger partial charge in [0.2, 0.25) is 5.91 Å². The SMILES string of the molecule is CCN(CC)C(=O)CN1CCC(C(CN(CCc2ccccc2)C(=O)C(=O)O)c2ccc(-c3cccc4ccccc34)cc2)CC1. The van der Waals surface area contributed by atoms with Crippen molar-refractivity contribution < 1.29 is 19.5 Å². The Kier molecular flexibility index (Phi) is 11.2. The summed E-state index contributed by atoms with van der Waals surface area (Å²) in [7, 11) is 0. The Bertz CT molecular complexity index is 1600. The maximum Gasteiger partial charge on any atom is 0.394 e. The standard InChI is InChI=1S/C39H45N3O4/c1-3-41(4-2)37(43)28-40-24-22-33(23-25-40)36(27-42(38(44)39(45)46)26-21-29-11-6-5-7-12-29)32-19-17-31(18-20-32)35-16-10-14-30-13-8-9-15-34(30)35/h5-20,33,36H,3-4,21-28H2,1-2H3,(H,45,46). The summed E-state index contributed by atoms with van der Waals surface area (Å²) in [6.45, 7) is 8.08. The molecule has 0 aliphatic carbocycles. The van der Waals surface area contributed by atoms with Crippen LogP contribution < -0.4 is 0 Å². The fourth-order valence-electron chi connectivity index (χ4n) is 6.85. The Morgan fingerprint density at radius 2 is 1.46 bits per heavy atom. The van der Waals surface area contributed by atoms with E-state index in [1.807, 2.05) is 55.1 Å². The number of carbonyl (C=O) groups is 3. The van der Waals surface area contributed by atoms with E-state index in [4.69, 9.17) is 0 Å². The van der Waals surface area contributed by atoms with E-state index in [2.05, 4.69) is 65.6 Å². The lowest BCUT2D eigenvalue weighted by Gasteiger charge is -2.38. The number of benzene rings is 4. The van der Waals surface area contributed by atoms with Gasteiger partial charge in [-0.15, -0.1) is 0 Å². The Morgan fingerprint density at radius 1 is 0.804 bits per heavy atom. The molecule has 1 aliphatic rings. The monoisotopic (exact) mass is 619 g/mol. The van der Waals surface area contributed by atoms with Gasteiger partial charge in [0.25, 0.3) is 0 Å². The number of hydrogen-bond acceptors (Lipinski definition) is 4. The lowest BCUT2D eigenvalue weighted by atomic mass is 9.79. The first kappa shape index (κ1) is 32.9. The van der Waals surface area contributed by atoms with Gasteiger partial charge in [-0.1, -0.05) is 97.1 Å². The summed E-state index contributed by atoms with van der Waals surface area (Å²) >= 11 is 0. The number of aliphatic carboxylic acids is 1. The summed E-state index contributed by atoms with van der Waals surface area (Å²) in [5, 5.41) is 12.1. The van der Waals surface area contributed by atoms with Gasteiger partial charge < -0.3 is 14.9 Å². The van der Waals surface area contributed by atoms with Crippen LogP contribution in [0.5, 0.6) is 0 Å². The quantitative estimate of drug-likeness (QED) is 0.188. The van der Waals surface area contributed by atoms with Gasteiger partial charge in [0.1, 0.15) is 0 Å². The first-order valence-corrected chi connectivity index (χ1v) is 16.5. The number of rotatable bonds is 12. The summed E-state index contributed by atoms with van der Waals surface area (Å²) < 4.78 is 0. The topological polar surface area (TPSA) is 81.2 Å². The van der Waals surface area contributed by atoms with Gasteiger partial charge in [-0.05, 0) is 85.1 Å². The predicted molar refractivity (Wildman–Crippen MR) is 184 cm³/mol. The van der Waals surface area contributed by atoms with Crippen LogP contribution in [-0.2, 0) is 20.8 Å². The second kappa shape index (κ2) is 15.7. The van der Waals surface area contributed by atoms with Gasteiger partial charge in [0.15, 0.2) is 0 Å². The fourth-order valence-corrected chi connectivity index (χ4v) is 6.85. The van der Waals surface area contributed by atoms with Gasteiger partial charge in [0, 0.05) is 32.1 Å². The molecule has 0 aromatic heterocycles. The number of likely N-dealkylation sites (tertiary alicyclic amines) is 1. The van der Waals surface area contributed by atoms with Crippen LogP contribution >= 0.6 is 0 Å². The highest BCUT2D eigenvalue weighted by Crippen LogP contribution is 2.36. The summed E-state index contributed by atoms with van der Waals surface area (Å²) in [5.41, 5.74) is 4.45. The van der Waals surface area contributed by atoms with Crippen molar-refractivity contribution in [1.82, 2.24) is 14.7 Å². The number of nitrogens with zero attached hydrogens (tertiary/aromatic N) is 3. The molecule has 1 fully saturated rings. The molecule has 1 atom stereocenters. The molecule has 0 saturated carbocycles. The molecule has 7 heteroatoms. The van der Waals surface area contributed by atoms with Gasteiger partial charge >= 0.3 is 11.9 Å². The Hall–Kier alpha value is -4.49. The minimum atomic E-state index is -1.43. The van der Waals surface area contributed by atoms with Crippen molar-refractivity contribution in [3.63, 3.8) is 0 Å². The van der Waals surface area contributed by atoms with E-state index in [9.17, 15) is 19.5 Å². The highest BCUT2D eigenvalue weighted by Gasteiger charge is 2.32. The highest BCUT2D eigenvalue weighted by atomic mass is 16.4. The molecule has 0 spiro atoms. The molecule has 4 aromatic rings. The lowest BCUT2D eigenvalue weighted by molar-refractivity contribution is -0.156. The molecule has 4 aromatic carbocycles. The van der Waals surface area contributed by atoms with Crippen molar-refractivity contribution in [2.24, 2.45) is 5.92 Å². The van der Waals surface area contributed by atoms with Crippen molar-refractivity contribution in [2.75, 3.05) is 45.8 Å². The number of fused-ring (bicyclic) bond motifs is 1. The predicted octanol–water partition coefficient (Wildman–Crippen LogP) is 6.33. The minimum absolute atomic E-state index is 0.0405. The molecule has 1 heterocycles. The molecule has 2 amide bonds. The Labute approximate surface area is 272 Å². The maximum atomic E-state index is 13.0. The molecular formula is C39H45N3O4. The average Bonchev–Trinajstić information content (AvgIpc) is 3.09. The third-order valence-electron chi connectivity index (χ3n) is 9.52. The molecule has 0 radical (unpaired) electrons. The van der Waals surface area contributed by atoms with E-state index in [1.54, 1.807) is 0 Å². The number of carboxylic acid groups (broad SMARTS) is 1. The molecule has 240 valence electrons. The van der Waals surface area contributed by atoms with Crippen molar-refractivity contribution in [2.45, 2.75) is 39.0 Å². The van der Waals surface area contributed by atoms with Crippen molar-refractivity contribution >= 4 is 28.6 Å². The third kappa shape index (κ3) is 8.01. The van der Waals surface area contributed by atoms with Crippen molar-refractivity contribution in [3.8, 4) is 11.1 Å². The number of piperidine rings is 1. The van der Waals surface area contributed by atoms with Crippen LogP contribution in [0, 0.1) is 5.92 Å². The normalized spacial score (nSPS) is 14.6. The van der Waals surface area contributed by atoms with Crippen LogP contribution in [-0.4, -0.2) is 83.4 Å². The molecule has 46 heavy (non-hydrogen) atoms. The first-order chi connectivity index (χ1) is 22.4. The molecule has 1 saturated heterocycles. The van der Waals surface area contributed by atoms with E-state index >= 15 is 0 Å². The van der Waals surface area contributed by atoms with E-state index in [0.29, 0.717) is 39.1 Å². The van der Waals surface area contributed by atoms with E-state index in [0.717, 1.165) is 48.2 Å². The zero-order valence-corrected chi connectivity index (χ0v) is 27.0. The molecule has 7 nitrogen and oxygen atoms in total. The maximum absolute atomic E-state index is 13.0. The van der Waals surface area contributed by atoms with E-state index in [1.165, 1.54) is 15.7 Å².